The van der Waals surface area contributed by atoms with E-state index in [4.69, 9.17) is 23.3 Å². The molecule has 2 heterocycles. The molecule has 2 aromatic rings. The largest absolute Gasteiger partial charge is 0.495 e. The third-order valence-corrected chi connectivity index (χ3v) is 6.60. The first-order valence-electron chi connectivity index (χ1n) is 9.85. The van der Waals surface area contributed by atoms with Crippen molar-refractivity contribution in [2.45, 2.75) is 38.9 Å². The van der Waals surface area contributed by atoms with E-state index in [2.05, 4.69) is 27.0 Å². The maximum absolute atomic E-state index is 11.8. The van der Waals surface area contributed by atoms with Gasteiger partial charge in [0.25, 0.3) is 0 Å². The standard InChI is InChI=1S/C21H23BIN2O6P/c1-20(2)21(3,4)31-22(30-20)17-7-6-16(11-15(17)13-26)29-18-8-5-14(12-24)19(25-18)27-9-10-28-32-23/h5-8,11,13,32H,9-10H2,1-4H3. The Morgan fingerprint density at radius 2 is 1.91 bits per heavy atom. The molecule has 1 fully saturated rings. The molecule has 8 nitrogen and oxygen atoms in total. The van der Waals surface area contributed by atoms with Crippen molar-refractivity contribution in [3.05, 3.63) is 41.5 Å². The SMILES string of the molecule is CC1(C)OB(c2ccc(Oc3ccc(C#N)c(OCCOPI)n3)cc2C=O)OC1(C)C. The number of pyridine rings is 1. The van der Waals surface area contributed by atoms with Gasteiger partial charge in [0, 0.05) is 11.6 Å². The number of hydrogen-bond donors (Lipinski definition) is 0. The van der Waals surface area contributed by atoms with E-state index in [9.17, 15) is 10.1 Å². The van der Waals surface area contributed by atoms with Crippen molar-refractivity contribution in [2.24, 2.45) is 0 Å². The van der Waals surface area contributed by atoms with Crippen LogP contribution in [0.2, 0.25) is 0 Å². The smallest absolute Gasteiger partial charge is 0.474 e. The normalized spacial score (nSPS) is 16.8. The quantitative estimate of drug-likeness (QED) is 0.146. The number of hydrogen-bond acceptors (Lipinski definition) is 8. The van der Waals surface area contributed by atoms with Crippen LogP contribution in [0, 0.1) is 11.3 Å². The van der Waals surface area contributed by atoms with E-state index < -0.39 is 18.3 Å². The second kappa shape index (κ2) is 10.4. The van der Waals surface area contributed by atoms with E-state index in [1.54, 1.807) is 30.3 Å². The number of nitriles is 1. The summed E-state index contributed by atoms with van der Waals surface area (Å²) in [4.78, 5) is 16.0. The summed E-state index contributed by atoms with van der Waals surface area (Å²) in [5.74, 6) is 0.802. The molecule has 1 aliphatic heterocycles. The minimum atomic E-state index is -0.660. The molecular weight excluding hydrogens is 545 g/mol. The van der Waals surface area contributed by atoms with E-state index in [0.717, 1.165) is 6.29 Å². The predicted octanol–water partition coefficient (Wildman–Crippen LogP) is 4.20. The minimum Gasteiger partial charge on any atom is -0.474 e. The van der Waals surface area contributed by atoms with Gasteiger partial charge >= 0.3 is 7.12 Å². The van der Waals surface area contributed by atoms with Crippen molar-refractivity contribution < 1.29 is 28.1 Å². The Balaban J connectivity index is 1.79. The molecule has 32 heavy (non-hydrogen) atoms. The topological polar surface area (TPSA) is 99.9 Å². The number of halogens is 1. The van der Waals surface area contributed by atoms with Crippen LogP contribution in [-0.4, -0.2) is 42.8 Å². The summed E-state index contributed by atoms with van der Waals surface area (Å²) < 4.78 is 28.7. The Labute approximate surface area is 202 Å². The first-order chi connectivity index (χ1) is 15.2. The lowest BCUT2D eigenvalue weighted by Gasteiger charge is -2.32. The van der Waals surface area contributed by atoms with Crippen LogP contribution in [0.3, 0.4) is 0 Å². The lowest BCUT2D eigenvalue weighted by atomic mass is 9.76. The molecular formula is C21H23BIN2O6P. The number of aldehydes is 1. The van der Waals surface area contributed by atoms with E-state index >= 15 is 0 Å². The Bertz CT molecular complexity index is 1010. The average molecular weight is 568 g/mol. The molecule has 0 saturated carbocycles. The van der Waals surface area contributed by atoms with Crippen molar-refractivity contribution >= 4 is 47.4 Å². The van der Waals surface area contributed by atoms with Gasteiger partial charge in [0.05, 0.1) is 24.3 Å². The second-order valence-electron chi connectivity index (χ2n) is 7.99. The Morgan fingerprint density at radius 3 is 2.53 bits per heavy atom. The lowest BCUT2D eigenvalue weighted by Crippen LogP contribution is -2.41. The predicted molar refractivity (Wildman–Crippen MR) is 130 cm³/mol. The van der Waals surface area contributed by atoms with Crippen molar-refractivity contribution in [3.8, 4) is 23.6 Å². The first kappa shape index (κ1) is 24.9. The number of rotatable bonds is 9. The van der Waals surface area contributed by atoms with Gasteiger partial charge in [-0.2, -0.15) is 10.2 Å². The van der Waals surface area contributed by atoms with Crippen LogP contribution in [0.1, 0.15) is 43.6 Å². The molecule has 168 valence electrons. The van der Waals surface area contributed by atoms with Crippen LogP contribution < -0.4 is 14.9 Å². The van der Waals surface area contributed by atoms with Gasteiger partial charge < -0.3 is 23.3 Å². The molecule has 11 heteroatoms. The van der Waals surface area contributed by atoms with E-state index in [0.29, 0.717) is 35.4 Å². The molecule has 0 aliphatic carbocycles. The molecule has 0 amide bonds. The van der Waals surface area contributed by atoms with Gasteiger partial charge in [0.1, 0.15) is 30.3 Å². The zero-order valence-corrected chi connectivity index (χ0v) is 21.3. The van der Waals surface area contributed by atoms with Crippen molar-refractivity contribution in [2.75, 3.05) is 13.2 Å². The third kappa shape index (κ3) is 5.59. The van der Waals surface area contributed by atoms with E-state index in [-0.39, 0.29) is 18.4 Å². The maximum atomic E-state index is 11.8. The molecule has 1 aromatic heterocycles. The van der Waals surface area contributed by atoms with Gasteiger partial charge in [-0.3, -0.25) is 4.79 Å². The Morgan fingerprint density at radius 1 is 1.19 bits per heavy atom. The van der Waals surface area contributed by atoms with Gasteiger partial charge in [0.15, 0.2) is 0 Å². The van der Waals surface area contributed by atoms with Crippen LogP contribution in [0.4, 0.5) is 0 Å². The van der Waals surface area contributed by atoms with Gasteiger partial charge in [-0.15, -0.1) is 0 Å². The van der Waals surface area contributed by atoms with Gasteiger partial charge in [0.2, 0.25) is 11.8 Å². The summed E-state index contributed by atoms with van der Waals surface area (Å²) in [7, 11) is -0.660. The molecule has 1 saturated heterocycles. The summed E-state index contributed by atoms with van der Waals surface area (Å²) >= 11 is 2.12. The number of carbonyl (C=O) groups excluding carboxylic acids is 1. The van der Waals surface area contributed by atoms with E-state index in [1.807, 2.05) is 33.8 Å². The highest BCUT2D eigenvalue weighted by molar-refractivity contribution is 14.2. The summed E-state index contributed by atoms with van der Waals surface area (Å²) in [5, 5.41) is 9.27. The molecule has 1 aliphatic rings. The second-order valence-corrected chi connectivity index (χ2v) is 9.75. The summed E-state index contributed by atoms with van der Waals surface area (Å²) in [6, 6.07) is 10.2. The summed E-state index contributed by atoms with van der Waals surface area (Å²) in [6.45, 7) is 8.80. The zero-order valence-electron chi connectivity index (χ0n) is 18.2. The summed E-state index contributed by atoms with van der Waals surface area (Å²) in [5.41, 5.74) is 0.274. The number of nitrogens with zero attached hydrogens (tertiary/aromatic N) is 2. The highest BCUT2D eigenvalue weighted by Gasteiger charge is 2.52. The molecule has 0 radical (unpaired) electrons. The van der Waals surface area contributed by atoms with Gasteiger partial charge in [-0.1, -0.05) is 6.07 Å². The monoisotopic (exact) mass is 568 g/mol. The molecule has 3 rings (SSSR count). The first-order valence-corrected chi connectivity index (χ1v) is 13.9. The van der Waals surface area contributed by atoms with Crippen LogP contribution >= 0.6 is 28.5 Å². The van der Waals surface area contributed by atoms with Gasteiger partial charge in [-0.25, -0.2) is 0 Å². The lowest BCUT2D eigenvalue weighted by molar-refractivity contribution is 0.00578. The highest BCUT2D eigenvalue weighted by atomic mass is 127. The van der Waals surface area contributed by atoms with Crippen molar-refractivity contribution in [3.63, 3.8) is 0 Å². The average Bonchev–Trinajstić information content (AvgIpc) is 2.98. The maximum Gasteiger partial charge on any atom is 0.495 e. The molecule has 1 aromatic carbocycles. The molecule has 0 spiro atoms. The summed E-state index contributed by atoms with van der Waals surface area (Å²) in [6.07, 6.45) is 0.738. The third-order valence-electron chi connectivity index (χ3n) is 5.35. The number of carbonyl (C=O) groups is 1. The van der Waals surface area contributed by atoms with Crippen molar-refractivity contribution in [1.29, 1.82) is 5.26 Å². The van der Waals surface area contributed by atoms with Gasteiger partial charge in [-0.05, 0) is 73.4 Å². The Hall–Kier alpha value is -1.77. The van der Waals surface area contributed by atoms with Crippen LogP contribution in [0.15, 0.2) is 30.3 Å². The number of ether oxygens (including phenoxy) is 2. The fourth-order valence-corrected chi connectivity index (χ4v) is 3.74. The van der Waals surface area contributed by atoms with Crippen LogP contribution in [0.5, 0.6) is 17.5 Å². The zero-order chi connectivity index (χ0) is 23.4. The van der Waals surface area contributed by atoms with Crippen LogP contribution in [-0.2, 0) is 13.8 Å². The number of benzene rings is 1. The fourth-order valence-electron chi connectivity index (χ4n) is 2.92. The number of aromatic nitrogens is 1. The fraction of sp³-hybridized carbons (Fsp3) is 0.381. The molecule has 0 bridgehead atoms. The molecule has 1 unspecified atom stereocenters. The highest BCUT2D eigenvalue weighted by Crippen LogP contribution is 2.37. The van der Waals surface area contributed by atoms with Crippen molar-refractivity contribution in [1.82, 2.24) is 4.98 Å². The van der Waals surface area contributed by atoms with Crippen LogP contribution in [0.25, 0.3) is 0 Å². The minimum absolute atomic E-state index is 0.162. The van der Waals surface area contributed by atoms with E-state index in [1.165, 1.54) is 0 Å². The molecule has 1 atom stereocenters. The molecule has 0 N–H and O–H groups in total. The Kier molecular flexibility index (Phi) is 8.12.